The average molecular weight is 680 g/mol. The Bertz CT molecular complexity index is 2750. The summed E-state index contributed by atoms with van der Waals surface area (Å²) in [5, 5.41) is 1.98. The summed E-state index contributed by atoms with van der Waals surface area (Å²) in [6, 6.07) is 53.2. The normalized spacial score (nSPS) is 12.9. The Hall–Kier alpha value is -6.85. The van der Waals surface area contributed by atoms with E-state index in [1.165, 1.54) is 33.4 Å². The zero-order chi connectivity index (χ0) is 35.5. The quantitative estimate of drug-likeness (QED) is 0.181. The van der Waals surface area contributed by atoms with Crippen LogP contribution in [0, 0.1) is 0 Å². The van der Waals surface area contributed by atoms with Crippen LogP contribution < -0.4 is 0 Å². The topological polar surface area (TPSA) is 64.5 Å². The lowest BCUT2D eigenvalue weighted by Gasteiger charge is -2.21. The van der Waals surface area contributed by atoms with Crippen LogP contribution >= 0.6 is 0 Å². The molecule has 0 N–H and O–H groups in total. The Balaban J connectivity index is 1.01. The second kappa shape index (κ2) is 12.1. The third-order valence-corrected chi connectivity index (χ3v) is 10.7. The smallest absolute Gasteiger partial charge is 0.164 e. The predicted molar refractivity (Wildman–Crippen MR) is 215 cm³/mol. The standard InChI is InChI=1S/C48H33N5/c1-48(2)41-12-6-3-9-35(41)40-29-34(23-24-42(40)48)32-17-15-30(16-18-32)31-19-21-33(22-20-31)45-51-46(38-25-27-49-43-13-7-4-10-36(38)43)53-47(52-45)39-26-28-50-44-14-8-5-11-37(39)44/h3-29H,1-2H3. The predicted octanol–water partition coefficient (Wildman–Crippen LogP) is 11.6. The van der Waals surface area contributed by atoms with Crippen LogP contribution in [0.25, 0.3) is 89.4 Å². The number of para-hydroxylation sites is 2. The first kappa shape index (κ1) is 30.9. The molecule has 10 rings (SSSR count). The van der Waals surface area contributed by atoms with Crippen LogP contribution in [0.4, 0.5) is 0 Å². The number of fused-ring (bicyclic) bond motifs is 5. The molecule has 0 saturated carbocycles. The maximum atomic E-state index is 5.06. The molecule has 0 amide bonds. The summed E-state index contributed by atoms with van der Waals surface area (Å²) in [6.07, 6.45) is 3.62. The first-order chi connectivity index (χ1) is 26.0. The van der Waals surface area contributed by atoms with Gasteiger partial charge in [0.1, 0.15) is 0 Å². The van der Waals surface area contributed by atoms with Crippen LogP contribution in [0.2, 0.25) is 0 Å². The minimum atomic E-state index is 0.00568. The van der Waals surface area contributed by atoms with Gasteiger partial charge in [0.05, 0.1) is 11.0 Å². The molecule has 250 valence electrons. The lowest BCUT2D eigenvalue weighted by Crippen LogP contribution is -2.14. The van der Waals surface area contributed by atoms with E-state index in [4.69, 9.17) is 15.0 Å². The molecule has 0 atom stereocenters. The highest BCUT2D eigenvalue weighted by Gasteiger charge is 2.35. The maximum absolute atomic E-state index is 5.06. The number of pyridine rings is 2. The van der Waals surface area contributed by atoms with E-state index in [1.807, 2.05) is 60.9 Å². The summed E-state index contributed by atoms with van der Waals surface area (Å²) in [6.45, 7) is 4.64. The first-order valence-corrected chi connectivity index (χ1v) is 17.9. The van der Waals surface area contributed by atoms with Gasteiger partial charge in [0, 0.05) is 45.3 Å². The maximum Gasteiger partial charge on any atom is 0.164 e. The molecule has 0 unspecified atom stereocenters. The monoisotopic (exact) mass is 679 g/mol. The molecule has 1 aliphatic carbocycles. The van der Waals surface area contributed by atoms with Gasteiger partial charge in [0.15, 0.2) is 17.5 Å². The molecule has 0 fully saturated rings. The third kappa shape index (κ3) is 5.20. The van der Waals surface area contributed by atoms with E-state index in [1.54, 1.807) is 0 Å². The summed E-state index contributed by atoms with van der Waals surface area (Å²) in [7, 11) is 0. The van der Waals surface area contributed by atoms with Crippen molar-refractivity contribution >= 4 is 21.8 Å². The summed E-state index contributed by atoms with van der Waals surface area (Å²) in [4.78, 5) is 24.3. The fraction of sp³-hybridized carbons (Fsp3) is 0.0625. The van der Waals surface area contributed by atoms with Gasteiger partial charge in [-0.15, -0.1) is 0 Å². The third-order valence-electron chi connectivity index (χ3n) is 10.7. The Kier molecular flexibility index (Phi) is 7.08. The Morgan fingerprint density at radius 2 is 0.811 bits per heavy atom. The van der Waals surface area contributed by atoms with Crippen molar-refractivity contribution in [2.75, 3.05) is 0 Å². The molecular weight excluding hydrogens is 647 g/mol. The van der Waals surface area contributed by atoms with E-state index >= 15 is 0 Å². The van der Waals surface area contributed by atoms with E-state index in [0.717, 1.165) is 49.6 Å². The Morgan fingerprint density at radius 3 is 1.42 bits per heavy atom. The highest BCUT2D eigenvalue weighted by atomic mass is 15.0. The van der Waals surface area contributed by atoms with Gasteiger partial charge >= 0.3 is 0 Å². The molecule has 0 aliphatic heterocycles. The van der Waals surface area contributed by atoms with Crippen LogP contribution in [-0.4, -0.2) is 24.9 Å². The highest BCUT2D eigenvalue weighted by molar-refractivity contribution is 5.95. The minimum absolute atomic E-state index is 0.00568. The van der Waals surface area contributed by atoms with Crippen LogP contribution in [0.15, 0.2) is 164 Å². The van der Waals surface area contributed by atoms with Crippen molar-refractivity contribution in [3.05, 3.63) is 175 Å². The lowest BCUT2D eigenvalue weighted by atomic mass is 9.82. The molecule has 5 heteroatoms. The van der Waals surface area contributed by atoms with Gasteiger partial charge in [-0.3, -0.25) is 9.97 Å². The molecule has 0 saturated heterocycles. The lowest BCUT2D eigenvalue weighted by molar-refractivity contribution is 0.660. The van der Waals surface area contributed by atoms with Gasteiger partial charge in [-0.2, -0.15) is 0 Å². The molecule has 9 aromatic rings. The van der Waals surface area contributed by atoms with E-state index in [2.05, 4.69) is 127 Å². The van der Waals surface area contributed by atoms with E-state index in [-0.39, 0.29) is 5.41 Å². The van der Waals surface area contributed by atoms with Crippen molar-refractivity contribution in [3.8, 4) is 67.5 Å². The van der Waals surface area contributed by atoms with Crippen LogP contribution in [0.5, 0.6) is 0 Å². The average Bonchev–Trinajstić information content (AvgIpc) is 3.45. The SMILES string of the molecule is CC1(C)c2ccccc2-c2cc(-c3ccc(-c4ccc(-c5nc(-c6ccnc7ccccc67)nc(-c6ccnc7ccccc67)n5)cc4)cc3)ccc21. The molecule has 0 radical (unpaired) electrons. The van der Waals surface area contributed by atoms with E-state index in [0.29, 0.717) is 17.5 Å². The van der Waals surface area contributed by atoms with Gasteiger partial charge in [0.2, 0.25) is 0 Å². The van der Waals surface area contributed by atoms with Crippen molar-refractivity contribution in [3.63, 3.8) is 0 Å². The van der Waals surface area contributed by atoms with Crippen molar-refractivity contribution in [2.24, 2.45) is 0 Å². The van der Waals surface area contributed by atoms with Crippen LogP contribution in [0.3, 0.4) is 0 Å². The highest BCUT2D eigenvalue weighted by Crippen LogP contribution is 2.49. The van der Waals surface area contributed by atoms with Crippen molar-refractivity contribution in [2.45, 2.75) is 19.3 Å². The molecule has 53 heavy (non-hydrogen) atoms. The molecular formula is C48H33N5. The molecule has 6 aromatic carbocycles. The van der Waals surface area contributed by atoms with Gasteiger partial charge in [0.25, 0.3) is 0 Å². The largest absolute Gasteiger partial charge is 0.256 e. The summed E-state index contributed by atoms with van der Waals surface area (Å²) >= 11 is 0. The number of aromatic nitrogens is 5. The van der Waals surface area contributed by atoms with Crippen molar-refractivity contribution in [1.29, 1.82) is 0 Å². The van der Waals surface area contributed by atoms with Gasteiger partial charge in [-0.25, -0.2) is 15.0 Å². The summed E-state index contributed by atoms with van der Waals surface area (Å²) in [5.74, 6) is 1.81. The van der Waals surface area contributed by atoms with Crippen molar-refractivity contribution in [1.82, 2.24) is 24.9 Å². The number of hydrogen-bond acceptors (Lipinski definition) is 5. The number of nitrogens with zero attached hydrogens (tertiary/aromatic N) is 5. The first-order valence-electron chi connectivity index (χ1n) is 17.9. The molecule has 0 bridgehead atoms. The van der Waals surface area contributed by atoms with Crippen molar-refractivity contribution < 1.29 is 0 Å². The fourth-order valence-corrected chi connectivity index (χ4v) is 7.89. The molecule has 3 heterocycles. The van der Waals surface area contributed by atoms with Gasteiger partial charge < -0.3 is 0 Å². The van der Waals surface area contributed by atoms with Crippen LogP contribution in [-0.2, 0) is 5.41 Å². The van der Waals surface area contributed by atoms with E-state index < -0.39 is 0 Å². The second-order valence-electron chi connectivity index (χ2n) is 14.1. The van der Waals surface area contributed by atoms with E-state index in [9.17, 15) is 0 Å². The molecule has 5 nitrogen and oxygen atoms in total. The molecule has 0 spiro atoms. The van der Waals surface area contributed by atoms with Gasteiger partial charge in [-0.1, -0.05) is 135 Å². The zero-order valence-electron chi connectivity index (χ0n) is 29.3. The second-order valence-corrected chi connectivity index (χ2v) is 14.1. The Morgan fingerprint density at radius 1 is 0.358 bits per heavy atom. The van der Waals surface area contributed by atoms with Gasteiger partial charge in [-0.05, 0) is 74.8 Å². The summed E-state index contributed by atoms with van der Waals surface area (Å²) in [5.41, 5.74) is 14.7. The minimum Gasteiger partial charge on any atom is -0.256 e. The summed E-state index contributed by atoms with van der Waals surface area (Å²) < 4.78 is 0. The Labute approximate surface area is 307 Å². The van der Waals surface area contributed by atoms with Crippen LogP contribution in [0.1, 0.15) is 25.0 Å². The molecule has 1 aliphatic rings. The molecule has 3 aromatic heterocycles. The number of hydrogen-bond donors (Lipinski definition) is 0. The number of benzene rings is 6. The fourth-order valence-electron chi connectivity index (χ4n) is 7.89. The number of rotatable bonds is 5. The zero-order valence-corrected chi connectivity index (χ0v) is 29.3.